The Morgan fingerprint density at radius 2 is 1.98 bits per heavy atom. The third kappa shape index (κ3) is 5.63. The number of ether oxygens (including phenoxy) is 1. The van der Waals surface area contributed by atoms with E-state index >= 15 is 0 Å². The van der Waals surface area contributed by atoms with Crippen molar-refractivity contribution in [2.45, 2.75) is 75.6 Å². The van der Waals surface area contributed by atoms with Gasteiger partial charge in [0.25, 0.3) is 5.91 Å². The van der Waals surface area contributed by atoms with E-state index in [1.165, 1.54) is 11.1 Å². The highest BCUT2D eigenvalue weighted by Crippen LogP contribution is 2.48. The first-order valence-electron chi connectivity index (χ1n) is 15.7. The fourth-order valence-electron chi connectivity index (χ4n) is 7.60. The lowest BCUT2D eigenvalue weighted by Crippen LogP contribution is -2.52. The van der Waals surface area contributed by atoms with Crippen LogP contribution in [0, 0.1) is 29.6 Å². The van der Waals surface area contributed by atoms with Crippen molar-refractivity contribution in [3.05, 3.63) is 70.3 Å². The van der Waals surface area contributed by atoms with Crippen LogP contribution in [-0.2, 0) is 21.9 Å². The minimum absolute atomic E-state index is 0.0805. The van der Waals surface area contributed by atoms with Gasteiger partial charge in [-0.15, -0.1) is 5.92 Å². The number of amides is 1. The second-order valence-electron chi connectivity index (χ2n) is 13.2. The first-order valence-corrected chi connectivity index (χ1v) is 17.6. The lowest BCUT2D eigenvalue weighted by atomic mass is 9.64. The monoisotopic (exact) mass is 636 g/mol. The van der Waals surface area contributed by atoms with E-state index in [1.54, 1.807) is 38.1 Å². The number of allylic oxidation sites excluding steroid dienone is 1. The fourth-order valence-corrected chi connectivity index (χ4v) is 9.08. The van der Waals surface area contributed by atoms with Gasteiger partial charge in [0.1, 0.15) is 11.4 Å². The number of sulfonamides is 1. The molecule has 44 heavy (non-hydrogen) atoms. The van der Waals surface area contributed by atoms with E-state index in [1.807, 2.05) is 19.1 Å². The van der Waals surface area contributed by atoms with Gasteiger partial charge < -0.3 is 14.7 Å². The summed E-state index contributed by atoms with van der Waals surface area (Å²) in [6.45, 7) is 6.96. The van der Waals surface area contributed by atoms with E-state index in [4.69, 9.17) is 16.3 Å². The topological polar surface area (TPSA) is 95.9 Å². The molecule has 0 radical (unpaired) electrons. The van der Waals surface area contributed by atoms with E-state index in [2.05, 4.69) is 33.6 Å². The molecule has 1 saturated carbocycles. The number of hydrogen-bond donors (Lipinski definition) is 2. The van der Waals surface area contributed by atoms with Gasteiger partial charge in [-0.3, -0.25) is 4.79 Å². The molecule has 2 N–H and O–H groups in total. The van der Waals surface area contributed by atoms with Crippen molar-refractivity contribution in [2.75, 3.05) is 24.6 Å². The molecule has 1 fully saturated rings. The maximum absolute atomic E-state index is 13.4. The summed E-state index contributed by atoms with van der Waals surface area (Å²) in [5, 5.41) is 11.8. The Bertz CT molecular complexity index is 1660. The summed E-state index contributed by atoms with van der Waals surface area (Å²) < 4.78 is 35.4. The summed E-state index contributed by atoms with van der Waals surface area (Å²) in [5.74, 6) is 5.81. The molecule has 234 valence electrons. The van der Waals surface area contributed by atoms with Gasteiger partial charge in [-0.25, -0.2) is 13.1 Å². The highest BCUT2D eigenvalue weighted by atomic mass is 35.5. The van der Waals surface area contributed by atoms with Crippen molar-refractivity contribution in [3.8, 4) is 17.6 Å². The van der Waals surface area contributed by atoms with Crippen LogP contribution in [0.5, 0.6) is 5.75 Å². The van der Waals surface area contributed by atoms with E-state index in [0.717, 1.165) is 42.8 Å². The van der Waals surface area contributed by atoms with Crippen LogP contribution in [0.2, 0.25) is 5.02 Å². The average Bonchev–Trinajstić information content (AvgIpc) is 3.11. The Morgan fingerprint density at radius 1 is 1.16 bits per heavy atom. The molecule has 1 spiro atoms. The fraction of sp³-hybridized carbons (Fsp3) is 0.514. The van der Waals surface area contributed by atoms with E-state index in [0.29, 0.717) is 31.9 Å². The van der Waals surface area contributed by atoms with Crippen LogP contribution in [0.3, 0.4) is 0 Å². The summed E-state index contributed by atoms with van der Waals surface area (Å²) in [4.78, 5) is 15.7. The molecule has 0 unspecified atom stereocenters. The van der Waals surface area contributed by atoms with Crippen molar-refractivity contribution >= 4 is 33.2 Å². The summed E-state index contributed by atoms with van der Waals surface area (Å²) in [5.41, 5.74) is 1.88. The minimum atomic E-state index is -3.96. The van der Waals surface area contributed by atoms with Crippen molar-refractivity contribution in [2.24, 2.45) is 17.8 Å². The van der Waals surface area contributed by atoms with Crippen LogP contribution in [0.1, 0.15) is 74.4 Å². The Labute approximate surface area is 266 Å². The SMILES string of the molecule is CC#C[C@]1(O)/C=C\C[C@H](C)[C@@H](C)S(=O)(=O)NC(=O)c2ccc3c(c2)N(C[C@@H]2CC[C@H]21)C[C@@]1(CCCc2cc(Cl)ccc21)CO3. The maximum atomic E-state index is 13.4. The van der Waals surface area contributed by atoms with E-state index in [9.17, 15) is 18.3 Å². The van der Waals surface area contributed by atoms with Crippen LogP contribution < -0.4 is 14.4 Å². The number of hydrogen-bond acceptors (Lipinski definition) is 6. The highest BCUT2D eigenvalue weighted by molar-refractivity contribution is 7.90. The Balaban J connectivity index is 1.46. The van der Waals surface area contributed by atoms with Gasteiger partial charge in [-0.1, -0.05) is 36.6 Å². The quantitative estimate of drug-likeness (QED) is 0.287. The first kappa shape index (κ1) is 31.0. The molecule has 2 aromatic rings. The van der Waals surface area contributed by atoms with Crippen molar-refractivity contribution < 1.29 is 23.1 Å². The van der Waals surface area contributed by atoms with Crippen LogP contribution in [-0.4, -0.2) is 50.0 Å². The number of nitrogens with one attached hydrogen (secondary N) is 1. The van der Waals surface area contributed by atoms with Crippen LogP contribution in [0.4, 0.5) is 5.69 Å². The minimum Gasteiger partial charge on any atom is -0.490 e. The molecular formula is C35H41ClN2O5S. The molecule has 0 aromatic heterocycles. The number of benzene rings is 2. The van der Waals surface area contributed by atoms with E-state index < -0.39 is 26.8 Å². The Kier molecular flexibility index (Phi) is 8.28. The zero-order valence-corrected chi connectivity index (χ0v) is 27.2. The molecule has 9 heteroatoms. The molecule has 2 heterocycles. The van der Waals surface area contributed by atoms with Crippen molar-refractivity contribution in [3.63, 3.8) is 0 Å². The second kappa shape index (κ2) is 11.7. The number of rotatable bonds is 0. The summed E-state index contributed by atoms with van der Waals surface area (Å²) in [6, 6.07) is 11.3. The Hall–Kier alpha value is -2.99. The highest BCUT2D eigenvalue weighted by Gasteiger charge is 2.47. The third-order valence-corrected chi connectivity index (χ3v) is 12.6. The van der Waals surface area contributed by atoms with Gasteiger partial charge in [0.2, 0.25) is 10.0 Å². The summed E-state index contributed by atoms with van der Waals surface area (Å²) in [6.07, 6.45) is 8.73. The van der Waals surface area contributed by atoms with Gasteiger partial charge in [0.05, 0.1) is 17.5 Å². The summed E-state index contributed by atoms with van der Waals surface area (Å²) >= 11 is 6.41. The molecule has 2 bridgehead atoms. The second-order valence-corrected chi connectivity index (χ2v) is 15.7. The first-order chi connectivity index (χ1) is 20.9. The normalized spacial score (nSPS) is 33.7. The van der Waals surface area contributed by atoms with Crippen LogP contribution >= 0.6 is 11.6 Å². The van der Waals surface area contributed by atoms with Crippen LogP contribution in [0.15, 0.2) is 48.6 Å². The number of halogens is 1. The van der Waals surface area contributed by atoms with Gasteiger partial charge in [0, 0.05) is 35.0 Å². The lowest BCUT2D eigenvalue weighted by Gasteiger charge is -2.47. The molecule has 7 nitrogen and oxygen atoms in total. The molecule has 0 saturated heterocycles. The molecule has 6 rings (SSSR count). The van der Waals surface area contributed by atoms with Crippen molar-refractivity contribution in [1.29, 1.82) is 0 Å². The maximum Gasteiger partial charge on any atom is 0.264 e. The number of fused-ring (bicyclic) bond motifs is 4. The predicted molar refractivity (Wildman–Crippen MR) is 174 cm³/mol. The molecule has 6 atom stereocenters. The number of nitrogens with zero attached hydrogens (tertiary/aromatic N) is 1. The summed E-state index contributed by atoms with van der Waals surface area (Å²) in [7, 11) is -3.96. The molecular weight excluding hydrogens is 596 g/mol. The van der Waals surface area contributed by atoms with Gasteiger partial charge in [0.15, 0.2) is 0 Å². The number of aryl methyl sites for hydroxylation is 1. The van der Waals surface area contributed by atoms with Crippen molar-refractivity contribution in [1.82, 2.24) is 4.72 Å². The molecule has 1 amide bonds. The Morgan fingerprint density at radius 3 is 2.73 bits per heavy atom. The number of anilines is 1. The van der Waals surface area contributed by atoms with Gasteiger partial charge in [-0.2, -0.15) is 0 Å². The number of aliphatic hydroxyl groups is 1. The smallest absolute Gasteiger partial charge is 0.264 e. The van der Waals surface area contributed by atoms with Gasteiger partial charge in [-0.05, 0) is 112 Å². The third-order valence-electron chi connectivity index (χ3n) is 10.5. The largest absolute Gasteiger partial charge is 0.490 e. The molecule has 2 aliphatic carbocycles. The standard InChI is InChI=1S/C35H41ClN2O5S/c1-4-15-35(40)17-5-7-23(2)24(3)44(41,42)37-33(39)26-10-14-32-31(19-26)38(20-27-9-12-30(27)35)21-34(22-43-32)16-6-8-25-18-28(36)11-13-29(25)34/h5,10-11,13-14,17-19,23-24,27,30,40H,6-9,12,16,20-22H2,1-3H3,(H,37,39)/b17-5-/t23-,24+,27-,30+,34-,35-/m0/s1. The lowest BCUT2D eigenvalue weighted by molar-refractivity contribution is -0.00321. The zero-order chi connectivity index (χ0) is 31.3. The zero-order valence-electron chi connectivity index (χ0n) is 25.6. The molecule has 2 aliphatic heterocycles. The number of carbonyl (C=O) groups excluding carboxylic acids is 1. The van der Waals surface area contributed by atoms with E-state index in [-0.39, 0.29) is 28.7 Å². The molecule has 2 aromatic carbocycles. The number of carbonyl (C=O) groups is 1. The average molecular weight is 637 g/mol. The predicted octanol–water partition coefficient (Wildman–Crippen LogP) is 5.64. The van der Waals surface area contributed by atoms with Crippen LogP contribution in [0.25, 0.3) is 0 Å². The molecule has 4 aliphatic rings. The van der Waals surface area contributed by atoms with Gasteiger partial charge >= 0.3 is 0 Å².